The molecule has 2 aromatic heterocycles. The summed E-state index contributed by atoms with van der Waals surface area (Å²) in [6, 6.07) is 19.7. The van der Waals surface area contributed by atoms with Gasteiger partial charge in [-0.15, -0.1) is 0 Å². The number of nitrogens with zero attached hydrogens (tertiary/aromatic N) is 3. The van der Waals surface area contributed by atoms with E-state index in [2.05, 4.69) is 31.2 Å². The molecule has 0 amide bonds. The number of hydrogen-bond acceptors (Lipinski definition) is 3. The fourth-order valence-corrected chi connectivity index (χ4v) is 3.71. The lowest BCUT2D eigenvalue weighted by Crippen LogP contribution is -2.25. The molecule has 0 bridgehead atoms. The normalized spacial score (nSPS) is 11.1. The molecule has 0 atom stereocenters. The van der Waals surface area contributed by atoms with Gasteiger partial charge in [-0.3, -0.25) is 9.36 Å². The van der Waals surface area contributed by atoms with Crippen LogP contribution >= 0.6 is 0 Å². The van der Waals surface area contributed by atoms with Gasteiger partial charge in [-0.05, 0) is 55.7 Å². The molecule has 2 aromatic carbocycles. The molecule has 0 unspecified atom stereocenters. The number of aromatic nitrogens is 3. The lowest BCUT2D eigenvalue weighted by Gasteiger charge is -2.13. The van der Waals surface area contributed by atoms with E-state index in [0.29, 0.717) is 13.2 Å². The highest BCUT2D eigenvalue weighted by molar-refractivity contribution is 5.83. The molecule has 4 aromatic rings. The monoisotopic (exact) mass is 387 g/mol. The van der Waals surface area contributed by atoms with Gasteiger partial charge in [0.1, 0.15) is 18.0 Å². The molecule has 148 valence electrons. The van der Waals surface area contributed by atoms with Crippen molar-refractivity contribution in [1.82, 2.24) is 14.3 Å². The highest BCUT2D eigenvalue weighted by Crippen LogP contribution is 2.24. The molecule has 0 saturated heterocycles. The third kappa shape index (κ3) is 3.68. The van der Waals surface area contributed by atoms with Crippen molar-refractivity contribution in [1.29, 1.82) is 0 Å². The Morgan fingerprint density at radius 3 is 2.41 bits per heavy atom. The van der Waals surface area contributed by atoms with Gasteiger partial charge in [0, 0.05) is 11.5 Å². The van der Waals surface area contributed by atoms with Gasteiger partial charge in [0.15, 0.2) is 0 Å². The van der Waals surface area contributed by atoms with Crippen molar-refractivity contribution in [3.05, 3.63) is 87.8 Å². The van der Waals surface area contributed by atoms with Crippen LogP contribution in [0.25, 0.3) is 16.7 Å². The molecule has 5 nitrogen and oxygen atoms in total. The molecular weight excluding hydrogens is 362 g/mol. The summed E-state index contributed by atoms with van der Waals surface area (Å²) >= 11 is 0. The summed E-state index contributed by atoms with van der Waals surface area (Å²) in [6.45, 7) is 6.94. The van der Waals surface area contributed by atoms with E-state index < -0.39 is 0 Å². The van der Waals surface area contributed by atoms with Gasteiger partial charge < -0.3 is 4.74 Å². The van der Waals surface area contributed by atoms with E-state index in [1.807, 2.05) is 48.9 Å². The fraction of sp³-hybridized carbons (Fsp3) is 0.250. The van der Waals surface area contributed by atoms with Crippen molar-refractivity contribution in [2.75, 3.05) is 6.61 Å². The van der Waals surface area contributed by atoms with Crippen molar-refractivity contribution in [3.8, 4) is 11.4 Å². The maximum Gasteiger partial charge on any atom is 0.252 e. The van der Waals surface area contributed by atoms with Crippen LogP contribution in [0.2, 0.25) is 0 Å². The maximum absolute atomic E-state index is 12.9. The SMILES string of the molecule is CCc1ccc(-n2nc(C)c3c(C)cc(=O)n(CCOc4ccccc4)c32)cc1. The van der Waals surface area contributed by atoms with Gasteiger partial charge in [-0.1, -0.05) is 37.3 Å². The molecule has 0 saturated carbocycles. The first kappa shape index (κ1) is 19.0. The Balaban J connectivity index is 1.77. The zero-order valence-electron chi connectivity index (χ0n) is 17.1. The van der Waals surface area contributed by atoms with Gasteiger partial charge in [-0.25, -0.2) is 4.68 Å². The van der Waals surface area contributed by atoms with Gasteiger partial charge >= 0.3 is 0 Å². The second kappa shape index (κ2) is 7.95. The number of benzene rings is 2. The van der Waals surface area contributed by atoms with Gasteiger partial charge in [0.2, 0.25) is 0 Å². The average molecular weight is 387 g/mol. The minimum absolute atomic E-state index is 0.0435. The van der Waals surface area contributed by atoms with Crippen molar-refractivity contribution in [3.63, 3.8) is 0 Å². The predicted molar refractivity (Wildman–Crippen MR) is 116 cm³/mol. The number of pyridine rings is 1. The fourth-order valence-electron chi connectivity index (χ4n) is 3.71. The van der Waals surface area contributed by atoms with Crippen LogP contribution in [0.1, 0.15) is 23.7 Å². The van der Waals surface area contributed by atoms with Crippen LogP contribution in [-0.4, -0.2) is 21.0 Å². The zero-order chi connectivity index (χ0) is 20.4. The van der Waals surface area contributed by atoms with Crippen LogP contribution in [0, 0.1) is 13.8 Å². The quantitative estimate of drug-likeness (QED) is 0.491. The Morgan fingerprint density at radius 1 is 1.00 bits per heavy atom. The Labute approximate surface area is 170 Å². The van der Waals surface area contributed by atoms with Crippen LogP contribution in [0.5, 0.6) is 5.75 Å². The zero-order valence-corrected chi connectivity index (χ0v) is 17.1. The number of ether oxygens (including phenoxy) is 1. The first-order valence-corrected chi connectivity index (χ1v) is 9.95. The molecule has 29 heavy (non-hydrogen) atoms. The molecule has 0 fully saturated rings. The number of aryl methyl sites for hydroxylation is 3. The van der Waals surface area contributed by atoms with E-state index in [0.717, 1.165) is 40.1 Å². The van der Waals surface area contributed by atoms with Crippen molar-refractivity contribution < 1.29 is 4.74 Å². The minimum atomic E-state index is -0.0435. The van der Waals surface area contributed by atoms with E-state index in [1.165, 1.54) is 5.56 Å². The smallest absolute Gasteiger partial charge is 0.252 e. The van der Waals surface area contributed by atoms with Crippen LogP contribution < -0.4 is 10.3 Å². The molecule has 2 heterocycles. The van der Waals surface area contributed by atoms with E-state index in [-0.39, 0.29) is 5.56 Å². The molecule has 4 rings (SSSR count). The van der Waals surface area contributed by atoms with Crippen LogP contribution in [0.15, 0.2) is 65.5 Å². The summed E-state index contributed by atoms with van der Waals surface area (Å²) < 4.78 is 9.48. The predicted octanol–water partition coefficient (Wildman–Crippen LogP) is 4.45. The second-order valence-electron chi connectivity index (χ2n) is 7.19. The van der Waals surface area contributed by atoms with E-state index in [9.17, 15) is 4.79 Å². The van der Waals surface area contributed by atoms with Crippen molar-refractivity contribution >= 4 is 11.0 Å². The number of rotatable bonds is 6. The molecule has 0 N–H and O–H groups in total. The highest BCUT2D eigenvalue weighted by atomic mass is 16.5. The largest absolute Gasteiger partial charge is 0.492 e. The van der Waals surface area contributed by atoms with Crippen molar-refractivity contribution in [2.45, 2.75) is 33.7 Å². The van der Waals surface area contributed by atoms with E-state index in [1.54, 1.807) is 10.6 Å². The molecule has 0 aliphatic heterocycles. The minimum Gasteiger partial charge on any atom is -0.492 e. The molecule has 0 spiro atoms. The van der Waals surface area contributed by atoms with Crippen LogP contribution in [-0.2, 0) is 13.0 Å². The Morgan fingerprint density at radius 2 is 1.72 bits per heavy atom. The maximum atomic E-state index is 12.9. The van der Waals surface area contributed by atoms with Gasteiger partial charge in [0.25, 0.3) is 5.56 Å². The second-order valence-corrected chi connectivity index (χ2v) is 7.19. The Kier molecular flexibility index (Phi) is 5.21. The molecule has 5 heteroatoms. The first-order chi connectivity index (χ1) is 14.1. The Hall–Kier alpha value is -3.34. The van der Waals surface area contributed by atoms with Crippen molar-refractivity contribution in [2.24, 2.45) is 0 Å². The lowest BCUT2D eigenvalue weighted by molar-refractivity contribution is 0.298. The summed E-state index contributed by atoms with van der Waals surface area (Å²) in [5.74, 6) is 0.795. The number of para-hydroxylation sites is 1. The number of fused-ring (bicyclic) bond motifs is 1. The van der Waals surface area contributed by atoms with Gasteiger partial charge in [-0.2, -0.15) is 5.10 Å². The summed E-state index contributed by atoms with van der Waals surface area (Å²) in [4.78, 5) is 12.9. The standard InChI is InChI=1S/C24H25N3O2/c1-4-19-10-12-20(13-11-19)27-24-23(18(3)25-27)17(2)16-22(28)26(24)14-15-29-21-8-6-5-7-9-21/h5-13,16H,4,14-15H2,1-3H3. The summed E-state index contributed by atoms with van der Waals surface area (Å²) in [5.41, 5.74) is 4.84. The molecule has 0 aliphatic carbocycles. The molecular formula is C24H25N3O2. The first-order valence-electron chi connectivity index (χ1n) is 9.95. The highest BCUT2D eigenvalue weighted by Gasteiger charge is 2.17. The number of hydrogen-bond donors (Lipinski definition) is 0. The summed E-state index contributed by atoms with van der Waals surface area (Å²) in [5, 5.41) is 5.78. The van der Waals surface area contributed by atoms with Gasteiger partial charge in [0.05, 0.1) is 17.9 Å². The lowest BCUT2D eigenvalue weighted by atomic mass is 10.1. The Bertz CT molecular complexity index is 1190. The third-order valence-corrected chi connectivity index (χ3v) is 5.21. The summed E-state index contributed by atoms with van der Waals surface area (Å²) in [7, 11) is 0. The summed E-state index contributed by atoms with van der Waals surface area (Å²) in [6.07, 6.45) is 0.986. The van der Waals surface area contributed by atoms with Crippen LogP contribution in [0.3, 0.4) is 0 Å². The van der Waals surface area contributed by atoms with Crippen LogP contribution in [0.4, 0.5) is 0 Å². The third-order valence-electron chi connectivity index (χ3n) is 5.21. The van der Waals surface area contributed by atoms with E-state index in [4.69, 9.17) is 9.84 Å². The molecule has 0 radical (unpaired) electrons. The van der Waals surface area contributed by atoms with E-state index >= 15 is 0 Å². The molecule has 0 aliphatic rings. The topological polar surface area (TPSA) is 49.0 Å². The average Bonchev–Trinajstić information content (AvgIpc) is 3.09.